The van der Waals surface area contributed by atoms with Crippen LogP contribution >= 0.6 is 23.1 Å². The molecule has 1 aliphatic rings. The minimum Gasteiger partial charge on any atom is -0.494 e. The van der Waals surface area contributed by atoms with E-state index in [1.165, 1.54) is 16.6 Å². The number of fused-ring (bicyclic) bond motifs is 3. The number of nitrogens with zero attached hydrogens (tertiary/aromatic N) is 2. The van der Waals surface area contributed by atoms with Crippen LogP contribution in [-0.4, -0.2) is 34.4 Å². The van der Waals surface area contributed by atoms with Crippen molar-refractivity contribution in [2.24, 2.45) is 0 Å². The number of thiophene rings is 1. The van der Waals surface area contributed by atoms with Crippen LogP contribution in [0.3, 0.4) is 0 Å². The fourth-order valence-corrected chi connectivity index (χ4v) is 6.19. The first-order chi connectivity index (χ1) is 16.5. The number of hydrogen-bond acceptors (Lipinski definition) is 7. The van der Waals surface area contributed by atoms with E-state index in [4.69, 9.17) is 14.5 Å². The number of thioether (sulfide) groups is 1. The van der Waals surface area contributed by atoms with E-state index in [9.17, 15) is 9.59 Å². The summed E-state index contributed by atoms with van der Waals surface area (Å²) >= 11 is 2.86. The highest BCUT2D eigenvalue weighted by Gasteiger charge is 2.22. The fraction of sp³-hybridized carbons (Fsp3) is 0.400. The second-order valence-electron chi connectivity index (χ2n) is 7.85. The molecule has 1 N–H and O–H groups in total. The smallest absolute Gasteiger partial charge is 0.263 e. The molecule has 7 nitrogen and oxygen atoms in total. The standard InChI is InChI=1S/C25H29N3O4S2/c1-4-13-28-24(30)22-17-9-7-8-10-20(17)34-23(22)27-25(28)33-15-21(29)26-18-14-16(31-5-2)11-12-19(18)32-6-3/h4,11-12,14H,1,5-10,13,15H2,2-3H3,(H,26,29). The molecule has 0 fully saturated rings. The minimum atomic E-state index is -0.218. The topological polar surface area (TPSA) is 82.5 Å². The fourth-order valence-electron chi connectivity index (χ4n) is 4.08. The van der Waals surface area contributed by atoms with E-state index < -0.39 is 0 Å². The number of aromatic nitrogens is 2. The highest BCUT2D eigenvalue weighted by molar-refractivity contribution is 7.99. The molecule has 3 aromatic rings. The predicted octanol–water partition coefficient (Wildman–Crippen LogP) is 5.05. The Kier molecular flexibility index (Phi) is 7.95. The number of ether oxygens (including phenoxy) is 2. The Labute approximate surface area is 207 Å². The predicted molar refractivity (Wildman–Crippen MR) is 139 cm³/mol. The van der Waals surface area contributed by atoms with Gasteiger partial charge in [-0.1, -0.05) is 17.8 Å². The number of aryl methyl sites for hydroxylation is 2. The molecule has 1 aliphatic carbocycles. The van der Waals surface area contributed by atoms with Gasteiger partial charge in [-0.2, -0.15) is 0 Å². The molecule has 0 saturated heterocycles. The van der Waals surface area contributed by atoms with Crippen molar-refractivity contribution < 1.29 is 14.3 Å². The monoisotopic (exact) mass is 499 g/mol. The Morgan fingerprint density at radius 2 is 2.06 bits per heavy atom. The Hall–Kier alpha value is -2.78. The van der Waals surface area contributed by atoms with Crippen molar-refractivity contribution >= 4 is 44.9 Å². The molecule has 1 aromatic carbocycles. The van der Waals surface area contributed by atoms with Gasteiger partial charge in [0.1, 0.15) is 16.3 Å². The van der Waals surface area contributed by atoms with E-state index in [2.05, 4.69) is 11.9 Å². The molecule has 1 amide bonds. The number of benzene rings is 1. The summed E-state index contributed by atoms with van der Waals surface area (Å²) in [5.41, 5.74) is 1.67. The van der Waals surface area contributed by atoms with Crippen LogP contribution in [-0.2, 0) is 24.2 Å². The summed E-state index contributed by atoms with van der Waals surface area (Å²) in [6.45, 7) is 8.95. The summed E-state index contributed by atoms with van der Waals surface area (Å²) in [5, 5.41) is 4.18. The van der Waals surface area contributed by atoms with Gasteiger partial charge in [0.2, 0.25) is 5.91 Å². The van der Waals surface area contributed by atoms with Crippen LogP contribution in [0.2, 0.25) is 0 Å². The van der Waals surface area contributed by atoms with Gasteiger partial charge in [0, 0.05) is 17.5 Å². The SMILES string of the molecule is C=CCn1c(SCC(=O)Nc2cc(OCC)ccc2OCC)nc2sc3c(c2c1=O)CCCC3. The molecular weight excluding hydrogens is 470 g/mol. The van der Waals surface area contributed by atoms with Crippen LogP contribution in [0.15, 0.2) is 40.8 Å². The van der Waals surface area contributed by atoms with Crippen LogP contribution in [0.5, 0.6) is 11.5 Å². The molecule has 0 atom stereocenters. The van der Waals surface area contributed by atoms with E-state index in [1.807, 2.05) is 19.9 Å². The maximum Gasteiger partial charge on any atom is 0.263 e. The average molecular weight is 500 g/mol. The first-order valence-electron chi connectivity index (χ1n) is 11.5. The molecule has 2 aromatic heterocycles. The van der Waals surface area contributed by atoms with E-state index in [1.54, 1.807) is 34.1 Å². The number of nitrogens with one attached hydrogen (secondary N) is 1. The molecule has 0 radical (unpaired) electrons. The Balaban J connectivity index is 1.57. The molecule has 0 unspecified atom stereocenters. The number of allylic oxidation sites excluding steroid dienone is 1. The van der Waals surface area contributed by atoms with Gasteiger partial charge in [0.15, 0.2) is 5.16 Å². The van der Waals surface area contributed by atoms with Crippen molar-refractivity contribution in [3.63, 3.8) is 0 Å². The van der Waals surface area contributed by atoms with Crippen molar-refractivity contribution in [3.05, 3.63) is 51.6 Å². The van der Waals surface area contributed by atoms with Gasteiger partial charge in [-0.15, -0.1) is 17.9 Å². The molecule has 0 aliphatic heterocycles. The third-order valence-electron chi connectivity index (χ3n) is 5.52. The van der Waals surface area contributed by atoms with E-state index >= 15 is 0 Å². The Morgan fingerprint density at radius 1 is 1.26 bits per heavy atom. The summed E-state index contributed by atoms with van der Waals surface area (Å²) in [4.78, 5) is 33.0. The molecule has 180 valence electrons. The van der Waals surface area contributed by atoms with E-state index in [0.29, 0.717) is 42.1 Å². The highest BCUT2D eigenvalue weighted by atomic mass is 32.2. The van der Waals surface area contributed by atoms with Crippen molar-refractivity contribution in [2.45, 2.75) is 51.2 Å². The molecule has 0 saturated carbocycles. The summed E-state index contributed by atoms with van der Waals surface area (Å²) in [7, 11) is 0. The van der Waals surface area contributed by atoms with Crippen LogP contribution in [0.25, 0.3) is 10.2 Å². The minimum absolute atomic E-state index is 0.0461. The summed E-state index contributed by atoms with van der Waals surface area (Å²) < 4.78 is 12.8. The maximum atomic E-state index is 13.4. The van der Waals surface area contributed by atoms with Crippen molar-refractivity contribution in [1.29, 1.82) is 0 Å². The lowest BCUT2D eigenvalue weighted by Crippen LogP contribution is -2.24. The van der Waals surface area contributed by atoms with Crippen LogP contribution in [0, 0.1) is 0 Å². The van der Waals surface area contributed by atoms with Crippen LogP contribution < -0.4 is 20.3 Å². The number of amides is 1. The zero-order valence-electron chi connectivity index (χ0n) is 19.5. The van der Waals surface area contributed by atoms with Gasteiger partial charge in [-0.3, -0.25) is 14.2 Å². The third-order valence-corrected chi connectivity index (χ3v) is 7.68. The lowest BCUT2D eigenvalue weighted by atomic mass is 9.97. The number of carbonyl (C=O) groups is 1. The second-order valence-corrected chi connectivity index (χ2v) is 9.88. The normalized spacial score (nSPS) is 12.9. The largest absolute Gasteiger partial charge is 0.494 e. The number of rotatable bonds is 10. The van der Waals surface area contributed by atoms with Gasteiger partial charge in [0.05, 0.1) is 30.0 Å². The molecule has 9 heteroatoms. The number of carbonyl (C=O) groups excluding carboxylic acids is 1. The third kappa shape index (κ3) is 5.15. The highest BCUT2D eigenvalue weighted by Crippen LogP contribution is 2.35. The summed E-state index contributed by atoms with van der Waals surface area (Å²) in [6, 6.07) is 5.35. The zero-order chi connectivity index (χ0) is 24.1. The van der Waals surface area contributed by atoms with Crippen molar-refractivity contribution in [2.75, 3.05) is 24.3 Å². The lowest BCUT2D eigenvalue weighted by Gasteiger charge is -2.14. The maximum absolute atomic E-state index is 13.4. The van der Waals surface area contributed by atoms with Gasteiger partial charge in [-0.05, 0) is 57.2 Å². The first kappa shape index (κ1) is 24.3. The molecule has 2 heterocycles. The molecule has 0 spiro atoms. The molecule has 34 heavy (non-hydrogen) atoms. The quantitative estimate of drug-likeness (QED) is 0.239. The van der Waals surface area contributed by atoms with E-state index in [-0.39, 0.29) is 17.2 Å². The molecule has 0 bridgehead atoms. The number of hydrogen-bond donors (Lipinski definition) is 1. The van der Waals surface area contributed by atoms with Crippen molar-refractivity contribution in [1.82, 2.24) is 9.55 Å². The van der Waals surface area contributed by atoms with Gasteiger partial charge in [0.25, 0.3) is 5.56 Å². The van der Waals surface area contributed by atoms with Crippen LogP contribution in [0.1, 0.15) is 37.1 Å². The molecule has 4 rings (SSSR count). The van der Waals surface area contributed by atoms with Gasteiger partial charge in [-0.25, -0.2) is 4.98 Å². The lowest BCUT2D eigenvalue weighted by molar-refractivity contribution is -0.113. The summed E-state index contributed by atoms with van der Waals surface area (Å²) in [6.07, 6.45) is 5.87. The van der Waals surface area contributed by atoms with Crippen molar-refractivity contribution in [3.8, 4) is 11.5 Å². The Bertz CT molecular complexity index is 1270. The number of anilines is 1. The van der Waals surface area contributed by atoms with Gasteiger partial charge < -0.3 is 14.8 Å². The zero-order valence-corrected chi connectivity index (χ0v) is 21.2. The summed E-state index contributed by atoms with van der Waals surface area (Å²) in [5.74, 6) is 1.12. The second kappa shape index (κ2) is 11.1. The molecular formula is C25H29N3O4S2. The Morgan fingerprint density at radius 3 is 2.82 bits per heavy atom. The average Bonchev–Trinajstić information content (AvgIpc) is 3.20. The first-order valence-corrected chi connectivity index (χ1v) is 13.3. The van der Waals surface area contributed by atoms with Crippen LogP contribution in [0.4, 0.5) is 5.69 Å². The van der Waals surface area contributed by atoms with Gasteiger partial charge >= 0.3 is 0 Å². The van der Waals surface area contributed by atoms with E-state index in [0.717, 1.165) is 41.5 Å².